The number of nitrogens with one attached hydrogen (secondary N) is 1. The van der Waals surface area contributed by atoms with Gasteiger partial charge in [0.2, 0.25) is 0 Å². The largest absolute Gasteiger partial charge is 0.604 e. The van der Waals surface area contributed by atoms with E-state index in [0.29, 0.717) is 18.0 Å². The fourth-order valence-corrected chi connectivity index (χ4v) is 2.58. The van der Waals surface area contributed by atoms with Crippen molar-refractivity contribution in [3.63, 3.8) is 0 Å². The predicted octanol–water partition coefficient (Wildman–Crippen LogP) is 3.79. The van der Waals surface area contributed by atoms with Crippen LogP contribution in [-0.2, 0) is 9.19 Å². The van der Waals surface area contributed by atoms with Crippen molar-refractivity contribution >= 4 is 7.82 Å². The number of hydrogen-bond donors (Lipinski definition) is 1. The lowest BCUT2D eigenvalue weighted by Crippen LogP contribution is -2.16. The Hall–Kier alpha value is -1.81. The average molecular weight is 293 g/mol. The molecule has 0 amide bonds. The number of para-hydroxylation sites is 2. The van der Waals surface area contributed by atoms with E-state index in [-0.39, 0.29) is 0 Å². The Morgan fingerprint density at radius 2 is 1.35 bits per heavy atom. The monoisotopic (exact) mass is 293 g/mol. The third-order valence-corrected chi connectivity index (χ3v) is 3.46. The van der Waals surface area contributed by atoms with Gasteiger partial charge in [-0.3, -0.25) is 0 Å². The number of benzene rings is 2. The summed E-state index contributed by atoms with van der Waals surface area (Å²) in [4.78, 5) is 0. The van der Waals surface area contributed by atoms with Crippen LogP contribution in [0.25, 0.3) is 0 Å². The van der Waals surface area contributed by atoms with Gasteiger partial charge in [0.25, 0.3) is 0 Å². The Balaban J connectivity index is 2.15. The lowest BCUT2D eigenvalue weighted by Gasteiger charge is -2.18. The van der Waals surface area contributed by atoms with E-state index in [9.17, 15) is 4.57 Å². The summed E-state index contributed by atoms with van der Waals surface area (Å²) < 4.78 is 28.3. The van der Waals surface area contributed by atoms with Crippen LogP contribution >= 0.6 is 7.82 Å². The molecule has 0 unspecified atom stereocenters. The first-order valence-corrected chi connectivity index (χ1v) is 7.69. The molecule has 0 aliphatic rings. The summed E-state index contributed by atoms with van der Waals surface area (Å²) in [5, 5.41) is 0. The van der Waals surface area contributed by atoms with Crippen molar-refractivity contribution in [2.45, 2.75) is 6.92 Å². The maximum absolute atomic E-state index is 12.6. The van der Waals surface area contributed by atoms with E-state index in [1.165, 1.54) is 0 Å². The lowest BCUT2D eigenvalue weighted by atomic mass is 10.3. The summed E-state index contributed by atoms with van der Waals surface area (Å²) in [5.74, 6) is 0.814. The van der Waals surface area contributed by atoms with Crippen molar-refractivity contribution in [3.05, 3.63) is 60.7 Å². The molecule has 0 atom stereocenters. The molecule has 0 aliphatic carbocycles. The molecular formula is C14H16NO4P. The van der Waals surface area contributed by atoms with Crippen LogP contribution in [0.2, 0.25) is 0 Å². The summed E-state index contributed by atoms with van der Waals surface area (Å²) in [7, 11) is -3.79. The Kier molecular flexibility index (Phi) is 5.18. The van der Waals surface area contributed by atoms with E-state index in [4.69, 9.17) is 13.7 Å². The van der Waals surface area contributed by atoms with Crippen LogP contribution in [0.15, 0.2) is 60.7 Å². The number of hydrogen-bond acceptors (Lipinski definition) is 5. The Morgan fingerprint density at radius 1 is 0.900 bits per heavy atom. The topological polar surface area (TPSA) is 56.8 Å². The molecule has 0 aromatic heterocycles. The molecule has 0 radical (unpaired) electrons. The van der Waals surface area contributed by atoms with Crippen molar-refractivity contribution in [1.29, 1.82) is 0 Å². The van der Waals surface area contributed by atoms with Gasteiger partial charge >= 0.3 is 7.82 Å². The van der Waals surface area contributed by atoms with Crippen molar-refractivity contribution in [2.24, 2.45) is 0 Å². The van der Waals surface area contributed by atoms with Gasteiger partial charge in [0.05, 0.1) is 0 Å². The predicted molar refractivity (Wildman–Crippen MR) is 76.5 cm³/mol. The van der Waals surface area contributed by atoms with Gasteiger partial charge in [-0.2, -0.15) is 10.1 Å². The number of phosphoric ester groups is 1. The first-order chi connectivity index (χ1) is 9.72. The molecule has 2 aromatic carbocycles. The van der Waals surface area contributed by atoms with Gasteiger partial charge in [-0.05, 0) is 24.3 Å². The standard InChI is InChI=1S/C14H16NO4P/c1-2-15-19-20(16,17-13-9-5-3-6-10-13)18-14-11-7-4-8-12-14/h3-12,15H,2H2,1H3. The Morgan fingerprint density at radius 3 is 1.75 bits per heavy atom. The molecule has 2 rings (SSSR count). The summed E-state index contributed by atoms with van der Waals surface area (Å²) in [6, 6.07) is 17.5. The van der Waals surface area contributed by atoms with Gasteiger partial charge in [-0.15, -0.1) is 0 Å². The average Bonchev–Trinajstić information content (AvgIpc) is 2.47. The highest BCUT2D eigenvalue weighted by atomic mass is 31.2. The molecule has 0 bridgehead atoms. The maximum Gasteiger partial charge on any atom is 0.604 e. The zero-order chi connectivity index (χ0) is 14.3. The highest BCUT2D eigenvalue weighted by Crippen LogP contribution is 2.48. The Labute approximate surface area is 118 Å². The third kappa shape index (κ3) is 4.38. The molecule has 0 saturated heterocycles. The smallest absolute Gasteiger partial charge is 0.394 e. The second-order valence-electron chi connectivity index (χ2n) is 3.85. The van der Waals surface area contributed by atoms with Crippen LogP contribution in [0.5, 0.6) is 11.5 Å². The summed E-state index contributed by atoms with van der Waals surface area (Å²) in [6.07, 6.45) is 0. The van der Waals surface area contributed by atoms with Gasteiger partial charge < -0.3 is 9.05 Å². The quantitative estimate of drug-likeness (QED) is 0.621. The van der Waals surface area contributed by atoms with E-state index in [1.807, 2.05) is 19.1 Å². The second-order valence-corrected chi connectivity index (χ2v) is 5.29. The van der Waals surface area contributed by atoms with Crippen LogP contribution in [0.1, 0.15) is 6.92 Å². The maximum atomic E-state index is 12.6. The van der Waals surface area contributed by atoms with Gasteiger partial charge in [0.15, 0.2) is 0 Å². The first kappa shape index (κ1) is 14.6. The molecule has 0 spiro atoms. The zero-order valence-corrected chi connectivity index (χ0v) is 12.0. The molecule has 5 nitrogen and oxygen atoms in total. The van der Waals surface area contributed by atoms with Crippen LogP contribution in [0, 0.1) is 0 Å². The molecule has 0 aliphatic heterocycles. The number of rotatable bonds is 7. The van der Waals surface area contributed by atoms with Crippen LogP contribution in [0.4, 0.5) is 0 Å². The van der Waals surface area contributed by atoms with Crippen molar-refractivity contribution in [3.8, 4) is 11.5 Å². The van der Waals surface area contributed by atoms with E-state index >= 15 is 0 Å². The van der Waals surface area contributed by atoms with Crippen LogP contribution in [-0.4, -0.2) is 6.54 Å². The summed E-state index contributed by atoms with van der Waals surface area (Å²) in [5.41, 5.74) is 2.52. The molecule has 2 aromatic rings. The minimum absolute atomic E-state index is 0.407. The molecule has 0 fully saturated rings. The minimum atomic E-state index is -3.79. The van der Waals surface area contributed by atoms with Crippen molar-refractivity contribution in [1.82, 2.24) is 5.48 Å². The third-order valence-electron chi connectivity index (χ3n) is 2.24. The van der Waals surface area contributed by atoms with E-state index in [1.54, 1.807) is 48.5 Å². The van der Waals surface area contributed by atoms with Gasteiger partial charge in [0, 0.05) is 6.54 Å². The molecule has 1 N–H and O–H groups in total. The summed E-state index contributed by atoms with van der Waals surface area (Å²) in [6.45, 7) is 2.29. The number of hydroxylamine groups is 1. The summed E-state index contributed by atoms with van der Waals surface area (Å²) >= 11 is 0. The highest BCUT2D eigenvalue weighted by molar-refractivity contribution is 7.49. The molecule has 0 heterocycles. The second kappa shape index (κ2) is 7.10. The minimum Gasteiger partial charge on any atom is -0.394 e. The van der Waals surface area contributed by atoms with E-state index in [0.717, 1.165) is 0 Å². The van der Waals surface area contributed by atoms with Crippen molar-refractivity contribution < 1.29 is 18.2 Å². The fraction of sp³-hybridized carbons (Fsp3) is 0.143. The lowest BCUT2D eigenvalue weighted by molar-refractivity contribution is 0.138. The number of phosphoric acid groups is 1. The van der Waals surface area contributed by atoms with Gasteiger partial charge in [-0.1, -0.05) is 43.3 Å². The normalized spacial score (nSPS) is 11.1. The first-order valence-electron chi connectivity index (χ1n) is 6.22. The SMILES string of the molecule is CCNOP(=O)(Oc1ccccc1)Oc1ccccc1. The zero-order valence-electron chi connectivity index (χ0n) is 11.1. The van der Waals surface area contributed by atoms with Crippen LogP contribution < -0.4 is 14.5 Å². The van der Waals surface area contributed by atoms with Gasteiger partial charge in [-0.25, -0.2) is 4.57 Å². The molecule has 20 heavy (non-hydrogen) atoms. The van der Waals surface area contributed by atoms with E-state index in [2.05, 4.69) is 5.48 Å². The van der Waals surface area contributed by atoms with Crippen molar-refractivity contribution in [2.75, 3.05) is 6.54 Å². The van der Waals surface area contributed by atoms with Gasteiger partial charge in [0.1, 0.15) is 11.5 Å². The molecule has 0 saturated carbocycles. The van der Waals surface area contributed by atoms with Crippen LogP contribution in [0.3, 0.4) is 0 Å². The van der Waals surface area contributed by atoms with E-state index < -0.39 is 7.82 Å². The Bertz CT molecular complexity index is 516. The molecule has 106 valence electrons. The fourth-order valence-electron chi connectivity index (χ4n) is 1.42. The molecule has 6 heteroatoms. The molecular weight excluding hydrogens is 277 g/mol. The highest BCUT2D eigenvalue weighted by Gasteiger charge is 2.31.